The number of hydrogen-bond acceptors (Lipinski definition) is 3. The van der Waals surface area contributed by atoms with Crippen LogP contribution in [0.1, 0.15) is 31.2 Å². The lowest BCUT2D eigenvalue weighted by atomic mass is 9.74. The highest BCUT2D eigenvalue weighted by atomic mass is 35.5. The predicted molar refractivity (Wildman–Crippen MR) is 77.9 cm³/mol. The molecule has 106 valence electrons. The molecule has 1 aliphatic carbocycles. The Morgan fingerprint density at radius 1 is 1.32 bits per heavy atom. The zero-order valence-electron chi connectivity index (χ0n) is 11.5. The third kappa shape index (κ3) is 4.10. The predicted octanol–water partition coefficient (Wildman–Crippen LogP) is 3.18. The first-order chi connectivity index (χ1) is 9.13. The molecule has 1 aromatic carbocycles. The summed E-state index contributed by atoms with van der Waals surface area (Å²) in [6, 6.07) is 5.95. The molecular formula is C15H22ClNO2. The summed E-state index contributed by atoms with van der Waals surface area (Å²) in [5.41, 5.74) is 7.46. The van der Waals surface area contributed by atoms with Gasteiger partial charge in [0.15, 0.2) is 0 Å². The van der Waals surface area contributed by atoms with E-state index in [0.29, 0.717) is 18.2 Å². The van der Waals surface area contributed by atoms with Crippen LogP contribution in [0.3, 0.4) is 0 Å². The number of ether oxygens (including phenoxy) is 2. The normalized spacial score (nSPS) is 17.0. The van der Waals surface area contributed by atoms with Gasteiger partial charge in [-0.15, -0.1) is 0 Å². The minimum absolute atomic E-state index is 0.0127. The van der Waals surface area contributed by atoms with E-state index in [1.54, 1.807) is 7.11 Å². The quantitative estimate of drug-likeness (QED) is 0.782. The molecule has 0 unspecified atom stereocenters. The van der Waals surface area contributed by atoms with Gasteiger partial charge in [-0.1, -0.05) is 17.7 Å². The Kier molecular flexibility index (Phi) is 5.08. The molecule has 1 fully saturated rings. The van der Waals surface area contributed by atoms with Crippen LogP contribution in [-0.4, -0.2) is 25.9 Å². The molecule has 0 amide bonds. The van der Waals surface area contributed by atoms with Crippen molar-refractivity contribution < 1.29 is 9.47 Å². The molecule has 19 heavy (non-hydrogen) atoms. The average Bonchev–Trinajstić information content (AvgIpc) is 2.36. The van der Waals surface area contributed by atoms with Gasteiger partial charge < -0.3 is 15.2 Å². The van der Waals surface area contributed by atoms with Crippen molar-refractivity contribution in [1.29, 1.82) is 0 Å². The van der Waals surface area contributed by atoms with E-state index in [9.17, 15) is 0 Å². The third-order valence-electron chi connectivity index (χ3n) is 3.65. The van der Waals surface area contributed by atoms with Crippen molar-refractivity contribution in [2.75, 3.05) is 20.3 Å². The summed E-state index contributed by atoms with van der Waals surface area (Å²) in [6.45, 7) is 1.31. The van der Waals surface area contributed by atoms with Crippen molar-refractivity contribution in [1.82, 2.24) is 0 Å². The maximum absolute atomic E-state index is 6.27. The second kappa shape index (κ2) is 6.60. The summed E-state index contributed by atoms with van der Waals surface area (Å²) < 4.78 is 10.7. The van der Waals surface area contributed by atoms with Gasteiger partial charge in [-0.25, -0.2) is 0 Å². The van der Waals surface area contributed by atoms with Gasteiger partial charge in [0.25, 0.3) is 0 Å². The summed E-state index contributed by atoms with van der Waals surface area (Å²) >= 11 is 6.14. The van der Waals surface area contributed by atoms with E-state index in [1.165, 1.54) is 12.0 Å². The number of halogens is 1. The molecule has 0 saturated heterocycles. The summed E-state index contributed by atoms with van der Waals surface area (Å²) in [5, 5.41) is 0.654. The van der Waals surface area contributed by atoms with Crippen molar-refractivity contribution in [3.8, 4) is 5.75 Å². The van der Waals surface area contributed by atoms with Gasteiger partial charge in [0.05, 0.1) is 11.6 Å². The Morgan fingerprint density at radius 2 is 2.11 bits per heavy atom. The first kappa shape index (κ1) is 14.6. The fraction of sp³-hybridized carbons (Fsp3) is 0.600. The SMILES string of the molecule is COCCCOc1cc(CC2(N)CCC2)ccc1Cl. The van der Waals surface area contributed by atoms with Crippen LogP contribution in [0.15, 0.2) is 18.2 Å². The zero-order chi connectivity index (χ0) is 13.7. The van der Waals surface area contributed by atoms with E-state index in [1.807, 2.05) is 18.2 Å². The Bertz CT molecular complexity index is 419. The van der Waals surface area contributed by atoms with Crippen molar-refractivity contribution >= 4 is 11.6 Å². The van der Waals surface area contributed by atoms with E-state index in [0.717, 1.165) is 31.4 Å². The Balaban J connectivity index is 1.94. The maximum Gasteiger partial charge on any atom is 0.138 e. The second-order valence-electron chi connectivity index (χ2n) is 5.35. The Labute approximate surface area is 120 Å². The van der Waals surface area contributed by atoms with Crippen LogP contribution in [0.5, 0.6) is 5.75 Å². The van der Waals surface area contributed by atoms with E-state index in [-0.39, 0.29) is 5.54 Å². The first-order valence-electron chi connectivity index (χ1n) is 6.82. The number of rotatable bonds is 7. The largest absolute Gasteiger partial charge is 0.492 e. The molecule has 0 bridgehead atoms. The fourth-order valence-electron chi connectivity index (χ4n) is 2.37. The lowest BCUT2D eigenvalue weighted by Crippen LogP contribution is -2.48. The fourth-order valence-corrected chi connectivity index (χ4v) is 2.54. The van der Waals surface area contributed by atoms with Crippen LogP contribution in [0.4, 0.5) is 0 Å². The van der Waals surface area contributed by atoms with Crippen LogP contribution in [0.25, 0.3) is 0 Å². The van der Waals surface area contributed by atoms with Gasteiger partial charge in [-0.2, -0.15) is 0 Å². The smallest absolute Gasteiger partial charge is 0.138 e. The maximum atomic E-state index is 6.27. The molecule has 0 radical (unpaired) electrons. The van der Waals surface area contributed by atoms with E-state index in [4.69, 9.17) is 26.8 Å². The second-order valence-corrected chi connectivity index (χ2v) is 5.76. The molecule has 1 saturated carbocycles. The molecule has 3 nitrogen and oxygen atoms in total. The van der Waals surface area contributed by atoms with E-state index in [2.05, 4.69) is 0 Å². The molecule has 2 N–H and O–H groups in total. The summed E-state index contributed by atoms with van der Waals surface area (Å²) in [7, 11) is 1.69. The summed E-state index contributed by atoms with van der Waals surface area (Å²) in [4.78, 5) is 0. The van der Waals surface area contributed by atoms with Crippen molar-refractivity contribution in [2.24, 2.45) is 5.73 Å². The average molecular weight is 284 g/mol. The van der Waals surface area contributed by atoms with Crippen LogP contribution < -0.4 is 10.5 Å². The number of nitrogens with two attached hydrogens (primary N) is 1. The van der Waals surface area contributed by atoms with Gasteiger partial charge in [0.2, 0.25) is 0 Å². The van der Waals surface area contributed by atoms with Gasteiger partial charge in [-0.05, 0) is 43.4 Å². The molecular weight excluding hydrogens is 262 g/mol. The van der Waals surface area contributed by atoms with Gasteiger partial charge >= 0.3 is 0 Å². The molecule has 2 rings (SSSR count). The molecule has 0 heterocycles. The van der Waals surface area contributed by atoms with E-state index >= 15 is 0 Å². The lowest BCUT2D eigenvalue weighted by Gasteiger charge is -2.38. The molecule has 0 aromatic heterocycles. The van der Waals surface area contributed by atoms with Gasteiger partial charge in [0.1, 0.15) is 5.75 Å². The lowest BCUT2D eigenvalue weighted by molar-refractivity contribution is 0.172. The monoisotopic (exact) mass is 283 g/mol. The number of benzene rings is 1. The van der Waals surface area contributed by atoms with Crippen LogP contribution in [0, 0.1) is 0 Å². The van der Waals surface area contributed by atoms with Crippen molar-refractivity contribution in [2.45, 2.75) is 37.6 Å². The summed E-state index contributed by atoms with van der Waals surface area (Å²) in [5.74, 6) is 0.748. The van der Waals surface area contributed by atoms with Crippen LogP contribution >= 0.6 is 11.6 Å². The summed E-state index contributed by atoms with van der Waals surface area (Å²) in [6.07, 6.45) is 5.22. The molecule has 0 spiro atoms. The Morgan fingerprint density at radius 3 is 2.74 bits per heavy atom. The highest BCUT2D eigenvalue weighted by Crippen LogP contribution is 2.34. The third-order valence-corrected chi connectivity index (χ3v) is 3.96. The highest BCUT2D eigenvalue weighted by molar-refractivity contribution is 6.32. The standard InChI is InChI=1S/C15H22ClNO2/c1-18-8-3-9-19-14-10-12(4-5-13(14)16)11-15(17)6-2-7-15/h4-5,10H,2-3,6-9,11,17H2,1H3. The minimum Gasteiger partial charge on any atom is -0.492 e. The zero-order valence-corrected chi connectivity index (χ0v) is 12.2. The van der Waals surface area contributed by atoms with Crippen LogP contribution in [-0.2, 0) is 11.2 Å². The van der Waals surface area contributed by atoms with Gasteiger partial charge in [0, 0.05) is 25.7 Å². The topological polar surface area (TPSA) is 44.5 Å². The number of hydrogen-bond donors (Lipinski definition) is 1. The molecule has 1 aromatic rings. The Hall–Kier alpha value is -0.770. The molecule has 0 atom stereocenters. The molecule has 4 heteroatoms. The molecule has 0 aliphatic heterocycles. The van der Waals surface area contributed by atoms with Gasteiger partial charge in [-0.3, -0.25) is 0 Å². The number of methoxy groups -OCH3 is 1. The van der Waals surface area contributed by atoms with E-state index < -0.39 is 0 Å². The minimum atomic E-state index is -0.0127. The highest BCUT2D eigenvalue weighted by Gasteiger charge is 2.32. The van der Waals surface area contributed by atoms with Crippen molar-refractivity contribution in [3.63, 3.8) is 0 Å². The van der Waals surface area contributed by atoms with Crippen LogP contribution in [0.2, 0.25) is 5.02 Å². The van der Waals surface area contributed by atoms with Crippen molar-refractivity contribution in [3.05, 3.63) is 28.8 Å². The molecule has 1 aliphatic rings. The first-order valence-corrected chi connectivity index (χ1v) is 7.20.